The van der Waals surface area contributed by atoms with Gasteiger partial charge in [-0.15, -0.1) is 0 Å². The minimum atomic E-state index is -0.356. The number of pyridine rings is 1. The van der Waals surface area contributed by atoms with Crippen LogP contribution in [-0.2, 0) is 6.54 Å². The third kappa shape index (κ3) is 3.17. The van der Waals surface area contributed by atoms with Gasteiger partial charge in [0, 0.05) is 10.7 Å². The molecule has 0 saturated heterocycles. The molecule has 2 aromatic rings. The van der Waals surface area contributed by atoms with Crippen LogP contribution < -0.4 is 5.32 Å². The van der Waals surface area contributed by atoms with Crippen LogP contribution in [-0.4, -0.2) is 4.98 Å². The zero-order chi connectivity index (χ0) is 12.3. The second-order valence-corrected chi connectivity index (χ2v) is 4.18. The first-order valence-corrected chi connectivity index (χ1v) is 5.64. The maximum absolute atomic E-state index is 13.5. The number of halogens is 2. The van der Waals surface area contributed by atoms with Crippen LogP contribution in [0.2, 0.25) is 5.02 Å². The normalized spacial score (nSPS) is 10.3. The van der Waals surface area contributed by atoms with E-state index >= 15 is 0 Å². The summed E-state index contributed by atoms with van der Waals surface area (Å²) in [4.78, 5) is 4.32. The molecule has 17 heavy (non-hydrogen) atoms. The smallest absolute Gasteiger partial charge is 0.147 e. The van der Waals surface area contributed by atoms with Crippen molar-refractivity contribution < 1.29 is 4.39 Å². The van der Waals surface area contributed by atoms with Crippen LogP contribution in [0.3, 0.4) is 0 Å². The van der Waals surface area contributed by atoms with Crippen LogP contribution in [0.1, 0.15) is 11.4 Å². The highest BCUT2D eigenvalue weighted by Crippen LogP contribution is 2.19. The van der Waals surface area contributed by atoms with Crippen molar-refractivity contribution in [2.75, 3.05) is 5.32 Å². The molecule has 0 amide bonds. The van der Waals surface area contributed by atoms with E-state index in [1.807, 2.05) is 25.1 Å². The molecule has 1 heterocycles. The summed E-state index contributed by atoms with van der Waals surface area (Å²) in [6.45, 7) is 2.41. The van der Waals surface area contributed by atoms with Crippen LogP contribution in [0.25, 0.3) is 0 Å². The summed E-state index contributed by atoms with van der Waals surface area (Å²) in [5.74, 6) is -0.356. The highest BCUT2D eigenvalue weighted by Gasteiger charge is 2.02. The zero-order valence-electron chi connectivity index (χ0n) is 9.37. The summed E-state index contributed by atoms with van der Waals surface area (Å²) in [6.07, 6.45) is 0. The number of rotatable bonds is 3. The van der Waals surface area contributed by atoms with E-state index < -0.39 is 0 Å². The lowest BCUT2D eigenvalue weighted by atomic mass is 10.2. The number of nitrogens with one attached hydrogen (secondary N) is 1. The molecule has 0 unspecified atom stereocenters. The van der Waals surface area contributed by atoms with Gasteiger partial charge < -0.3 is 5.32 Å². The van der Waals surface area contributed by atoms with Crippen molar-refractivity contribution in [2.45, 2.75) is 13.5 Å². The first kappa shape index (κ1) is 11.9. The Morgan fingerprint density at radius 1 is 1.29 bits per heavy atom. The van der Waals surface area contributed by atoms with Gasteiger partial charge in [0.1, 0.15) is 5.82 Å². The van der Waals surface area contributed by atoms with Gasteiger partial charge in [-0.1, -0.05) is 17.7 Å². The molecule has 0 fully saturated rings. The standard InChI is InChI=1S/C13H12ClFN2/c1-9-3-2-4-11(17-9)8-16-13-6-5-10(14)7-12(13)15/h2-7,16H,8H2,1H3. The molecule has 0 aliphatic carbocycles. The van der Waals surface area contributed by atoms with Gasteiger partial charge in [-0.05, 0) is 37.3 Å². The Morgan fingerprint density at radius 3 is 2.82 bits per heavy atom. The average Bonchev–Trinajstić information content (AvgIpc) is 2.28. The average molecular weight is 251 g/mol. The summed E-state index contributed by atoms with van der Waals surface area (Å²) >= 11 is 5.67. The summed E-state index contributed by atoms with van der Waals surface area (Å²) in [6, 6.07) is 10.3. The second kappa shape index (κ2) is 5.15. The highest BCUT2D eigenvalue weighted by molar-refractivity contribution is 6.30. The molecule has 2 nitrogen and oxygen atoms in total. The number of aryl methyl sites for hydroxylation is 1. The summed E-state index contributed by atoms with van der Waals surface area (Å²) in [7, 11) is 0. The molecule has 1 N–H and O–H groups in total. The maximum atomic E-state index is 13.5. The Morgan fingerprint density at radius 2 is 2.12 bits per heavy atom. The molecule has 0 spiro atoms. The zero-order valence-corrected chi connectivity index (χ0v) is 10.1. The predicted molar refractivity (Wildman–Crippen MR) is 67.7 cm³/mol. The van der Waals surface area contributed by atoms with Crippen LogP contribution in [0.15, 0.2) is 36.4 Å². The van der Waals surface area contributed by atoms with Crippen molar-refractivity contribution in [3.63, 3.8) is 0 Å². The van der Waals surface area contributed by atoms with Crippen molar-refractivity contribution >= 4 is 17.3 Å². The highest BCUT2D eigenvalue weighted by atomic mass is 35.5. The van der Waals surface area contributed by atoms with Crippen LogP contribution in [0.5, 0.6) is 0 Å². The maximum Gasteiger partial charge on any atom is 0.147 e. The first-order chi connectivity index (χ1) is 8.15. The lowest BCUT2D eigenvalue weighted by Gasteiger charge is -2.07. The Hall–Kier alpha value is -1.61. The molecule has 0 aliphatic heterocycles. The minimum Gasteiger partial charge on any atom is -0.377 e. The topological polar surface area (TPSA) is 24.9 Å². The molecular weight excluding hydrogens is 239 g/mol. The first-order valence-electron chi connectivity index (χ1n) is 5.26. The quantitative estimate of drug-likeness (QED) is 0.896. The Kier molecular flexibility index (Phi) is 3.59. The number of hydrogen-bond donors (Lipinski definition) is 1. The van der Waals surface area contributed by atoms with E-state index in [0.29, 0.717) is 17.3 Å². The van der Waals surface area contributed by atoms with Gasteiger partial charge in [-0.2, -0.15) is 0 Å². The van der Waals surface area contributed by atoms with Gasteiger partial charge in [0.2, 0.25) is 0 Å². The summed E-state index contributed by atoms with van der Waals surface area (Å²) < 4.78 is 13.5. The fraction of sp³-hybridized carbons (Fsp3) is 0.154. The molecule has 1 aromatic heterocycles. The van der Waals surface area contributed by atoms with Crippen molar-refractivity contribution in [1.29, 1.82) is 0 Å². The molecule has 0 bridgehead atoms. The fourth-order valence-electron chi connectivity index (χ4n) is 1.52. The molecule has 0 saturated carbocycles. The van der Waals surface area contributed by atoms with Gasteiger partial charge in [-0.25, -0.2) is 4.39 Å². The predicted octanol–water partition coefficient (Wildman–Crippen LogP) is 3.79. The monoisotopic (exact) mass is 250 g/mol. The summed E-state index contributed by atoms with van der Waals surface area (Å²) in [5.41, 5.74) is 2.25. The van der Waals surface area contributed by atoms with Gasteiger partial charge in [0.05, 0.1) is 17.9 Å². The molecule has 1 aromatic carbocycles. The fourth-order valence-corrected chi connectivity index (χ4v) is 1.68. The Balaban J connectivity index is 2.07. The van der Waals surface area contributed by atoms with Crippen molar-refractivity contribution in [3.8, 4) is 0 Å². The Labute approximate surface area is 104 Å². The third-order valence-electron chi connectivity index (χ3n) is 2.34. The minimum absolute atomic E-state index is 0.356. The third-order valence-corrected chi connectivity index (χ3v) is 2.57. The van der Waals surface area contributed by atoms with Gasteiger partial charge in [0.25, 0.3) is 0 Å². The lowest BCUT2D eigenvalue weighted by molar-refractivity contribution is 0.630. The van der Waals surface area contributed by atoms with Crippen molar-refractivity contribution in [2.24, 2.45) is 0 Å². The Bertz CT molecular complexity index is 529. The van der Waals surface area contributed by atoms with E-state index in [0.717, 1.165) is 11.4 Å². The summed E-state index contributed by atoms with van der Waals surface area (Å²) in [5, 5.41) is 3.38. The molecule has 2 rings (SSSR count). The van der Waals surface area contributed by atoms with Crippen molar-refractivity contribution in [1.82, 2.24) is 4.98 Å². The van der Waals surface area contributed by atoms with E-state index in [1.54, 1.807) is 12.1 Å². The molecule has 0 radical (unpaired) electrons. The molecule has 4 heteroatoms. The number of anilines is 1. The number of aromatic nitrogens is 1. The molecule has 0 atom stereocenters. The SMILES string of the molecule is Cc1cccc(CNc2ccc(Cl)cc2F)n1. The van der Waals surface area contributed by atoms with Crippen molar-refractivity contribution in [3.05, 3.63) is 58.6 Å². The van der Waals surface area contributed by atoms with E-state index in [-0.39, 0.29) is 5.82 Å². The van der Waals surface area contributed by atoms with E-state index in [9.17, 15) is 4.39 Å². The second-order valence-electron chi connectivity index (χ2n) is 3.75. The van der Waals surface area contributed by atoms with E-state index in [2.05, 4.69) is 10.3 Å². The van der Waals surface area contributed by atoms with Crippen LogP contribution >= 0.6 is 11.6 Å². The number of benzene rings is 1. The molecule has 0 aliphatic rings. The molecule has 88 valence electrons. The van der Waals surface area contributed by atoms with Gasteiger partial charge in [0.15, 0.2) is 0 Å². The largest absolute Gasteiger partial charge is 0.377 e. The number of nitrogens with zero attached hydrogens (tertiary/aromatic N) is 1. The van der Waals surface area contributed by atoms with Gasteiger partial charge >= 0.3 is 0 Å². The lowest BCUT2D eigenvalue weighted by Crippen LogP contribution is -2.03. The van der Waals surface area contributed by atoms with Gasteiger partial charge in [-0.3, -0.25) is 4.98 Å². The molecular formula is C13H12ClFN2. The van der Waals surface area contributed by atoms with Crippen LogP contribution in [0.4, 0.5) is 10.1 Å². The van der Waals surface area contributed by atoms with Crippen LogP contribution in [0, 0.1) is 12.7 Å². The number of hydrogen-bond acceptors (Lipinski definition) is 2. The van der Waals surface area contributed by atoms with E-state index in [4.69, 9.17) is 11.6 Å². The van der Waals surface area contributed by atoms with E-state index in [1.165, 1.54) is 6.07 Å².